The third-order valence-corrected chi connectivity index (χ3v) is 4.46. The van der Waals surface area contributed by atoms with E-state index >= 15 is 0 Å². The van der Waals surface area contributed by atoms with Crippen LogP contribution in [-0.4, -0.2) is 37.3 Å². The van der Waals surface area contributed by atoms with Crippen molar-refractivity contribution >= 4 is 23.4 Å². The molecule has 3 rings (SSSR count). The van der Waals surface area contributed by atoms with Crippen LogP contribution in [0, 0.1) is 0 Å². The quantitative estimate of drug-likeness (QED) is 0.802. The first-order valence-electron chi connectivity index (χ1n) is 6.30. The molecule has 0 N–H and O–H groups in total. The Balaban J connectivity index is 1.88. The van der Waals surface area contributed by atoms with Gasteiger partial charge in [0.1, 0.15) is 6.33 Å². The molecule has 2 aromatic rings. The average Bonchev–Trinajstić information content (AvgIpc) is 3.09. The van der Waals surface area contributed by atoms with E-state index in [-0.39, 0.29) is 5.15 Å². The highest BCUT2D eigenvalue weighted by Crippen LogP contribution is 2.37. The fourth-order valence-electron chi connectivity index (χ4n) is 2.30. The maximum atomic E-state index is 5.99. The number of halogens is 1. The van der Waals surface area contributed by atoms with Crippen molar-refractivity contribution < 1.29 is 4.74 Å². The molecule has 9 heteroatoms. The van der Waals surface area contributed by atoms with E-state index in [9.17, 15) is 0 Å². The number of nitrogens with zero attached hydrogens (tertiary/aromatic N) is 6. The van der Waals surface area contributed by atoms with Crippen LogP contribution >= 0.6 is 23.4 Å². The first-order valence-corrected chi connectivity index (χ1v) is 7.49. The second kappa shape index (κ2) is 5.92. The summed E-state index contributed by atoms with van der Waals surface area (Å²) in [4.78, 5) is 8.08. The van der Waals surface area contributed by atoms with Gasteiger partial charge < -0.3 is 4.74 Å². The standard InChI is InChI=1S/C11H13ClN6OS/c1-19-8-9(12)13-6-14-10(8)20-11-15-16-17-18(11)7-4-2-3-5-7/h6-7H,2-5H2,1H3. The van der Waals surface area contributed by atoms with Gasteiger partial charge in [0.05, 0.1) is 13.2 Å². The van der Waals surface area contributed by atoms with E-state index in [1.807, 2.05) is 4.68 Å². The predicted molar refractivity (Wildman–Crippen MR) is 73.0 cm³/mol. The Morgan fingerprint density at radius 2 is 2.15 bits per heavy atom. The summed E-state index contributed by atoms with van der Waals surface area (Å²) in [6, 6.07) is 0.371. The minimum atomic E-state index is 0.282. The number of methoxy groups -OCH3 is 1. The normalized spacial score (nSPS) is 15.7. The zero-order valence-corrected chi connectivity index (χ0v) is 12.4. The number of hydrogen-bond acceptors (Lipinski definition) is 7. The van der Waals surface area contributed by atoms with Crippen LogP contribution in [0.4, 0.5) is 0 Å². The second-order valence-electron chi connectivity index (χ2n) is 4.45. The van der Waals surface area contributed by atoms with Crippen molar-refractivity contribution in [1.82, 2.24) is 30.2 Å². The molecule has 0 saturated heterocycles. The Hall–Kier alpha value is -1.41. The summed E-state index contributed by atoms with van der Waals surface area (Å²) < 4.78 is 7.10. The van der Waals surface area contributed by atoms with Gasteiger partial charge in [0.15, 0.2) is 15.9 Å². The Bertz CT molecular complexity index is 600. The maximum Gasteiger partial charge on any atom is 0.216 e. The highest BCUT2D eigenvalue weighted by Gasteiger charge is 2.23. The molecule has 1 aliphatic rings. The molecule has 1 aliphatic carbocycles. The van der Waals surface area contributed by atoms with Crippen LogP contribution < -0.4 is 4.74 Å². The smallest absolute Gasteiger partial charge is 0.216 e. The molecule has 106 valence electrons. The molecule has 0 amide bonds. The number of ether oxygens (including phenoxy) is 1. The first-order chi connectivity index (χ1) is 9.79. The number of rotatable bonds is 4. The lowest BCUT2D eigenvalue weighted by molar-refractivity contribution is 0.397. The summed E-state index contributed by atoms with van der Waals surface area (Å²) >= 11 is 7.33. The minimum absolute atomic E-state index is 0.282. The summed E-state index contributed by atoms with van der Waals surface area (Å²) in [6.45, 7) is 0. The number of hydrogen-bond donors (Lipinski definition) is 0. The Labute approximate surface area is 125 Å². The zero-order chi connectivity index (χ0) is 13.9. The van der Waals surface area contributed by atoms with Crippen LogP contribution in [0.25, 0.3) is 0 Å². The Morgan fingerprint density at radius 3 is 2.90 bits per heavy atom. The van der Waals surface area contributed by atoms with Gasteiger partial charge in [-0.2, -0.15) is 0 Å². The number of tetrazole rings is 1. The zero-order valence-electron chi connectivity index (χ0n) is 10.9. The largest absolute Gasteiger partial charge is 0.491 e. The van der Waals surface area contributed by atoms with E-state index in [4.69, 9.17) is 16.3 Å². The molecule has 0 aromatic carbocycles. The summed E-state index contributed by atoms with van der Waals surface area (Å²) in [5.41, 5.74) is 0. The van der Waals surface area contributed by atoms with Crippen molar-refractivity contribution in [2.45, 2.75) is 41.9 Å². The van der Waals surface area contributed by atoms with Crippen molar-refractivity contribution in [3.8, 4) is 5.75 Å². The van der Waals surface area contributed by atoms with Crippen LogP contribution in [0.1, 0.15) is 31.7 Å². The van der Waals surface area contributed by atoms with Gasteiger partial charge in [0.25, 0.3) is 0 Å². The molecule has 0 spiro atoms. The van der Waals surface area contributed by atoms with Gasteiger partial charge in [0, 0.05) is 0 Å². The van der Waals surface area contributed by atoms with Crippen molar-refractivity contribution in [1.29, 1.82) is 0 Å². The third-order valence-electron chi connectivity index (χ3n) is 3.25. The van der Waals surface area contributed by atoms with Crippen molar-refractivity contribution in [3.05, 3.63) is 11.5 Å². The van der Waals surface area contributed by atoms with Gasteiger partial charge >= 0.3 is 0 Å². The maximum absolute atomic E-state index is 5.99. The Morgan fingerprint density at radius 1 is 1.35 bits per heavy atom. The summed E-state index contributed by atoms with van der Waals surface area (Å²) in [6.07, 6.45) is 6.06. The van der Waals surface area contributed by atoms with Crippen LogP contribution in [-0.2, 0) is 0 Å². The van der Waals surface area contributed by atoms with Gasteiger partial charge in [-0.1, -0.05) is 24.4 Å². The molecule has 0 radical (unpaired) electrons. The highest BCUT2D eigenvalue weighted by atomic mass is 35.5. The fraction of sp³-hybridized carbons (Fsp3) is 0.545. The van der Waals surface area contributed by atoms with Crippen LogP contribution in [0.2, 0.25) is 5.15 Å². The van der Waals surface area contributed by atoms with Crippen LogP contribution in [0.5, 0.6) is 5.75 Å². The molecule has 0 atom stereocenters. The molecule has 20 heavy (non-hydrogen) atoms. The molecule has 0 unspecified atom stereocenters. The summed E-state index contributed by atoms with van der Waals surface area (Å²) in [5, 5.41) is 13.5. The van der Waals surface area contributed by atoms with Gasteiger partial charge in [0.2, 0.25) is 5.16 Å². The lowest BCUT2D eigenvalue weighted by atomic mass is 10.3. The topological polar surface area (TPSA) is 78.6 Å². The van der Waals surface area contributed by atoms with Crippen molar-refractivity contribution in [2.24, 2.45) is 0 Å². The van der Waals surface area contributed by atoms with E-state index in [1.54, 1.807) is 0 Å². The van der Waals surface area contributed by atoms with Gasteiger partial charge in [-0.25, -0.2) is 14.6 Å². The fourth-order valence-corrected chi connectivity index (χ4v) is 3.47. The van der Waals surface area contributed by atoms with E-state index in [0.29, 0.717) is 22.0 Å². The lowest BCUT2D eigenvalue weighted by Crippen LogP contribution is -2.08. The summed E-state index contributed by atoms with van der Waals surface area (Å²) in [7, 11) is 1.54. The monoisotopic (exact) mass is 312 g/mol. The van der Waals surface area contributed by atoms with Gasteiger partial charge in [-0.05, 0) is 35.0 Å². The SMILES string of the molecule is COc1c(Cl)ncnc1Sc1nnnn1C1CCCC1. The Kier molecular flexibility index (Phi) is 4.02. The number of aromatic nitrogens is 6. The molecular formula is C11H13ClN6OS. The third kappa shape index (κ3) is 2.57. The van der Waals surface area contributed by atoms with Crippen molar-refractivity contribution in [2.75, 3.05) is 7.11 Å². The van der Waals surface area contributed by atoms with E-state index in [2.05, 4.69) is 25.5 Å². The van der Waals surface area contributed by atoms with Gasteiger partial charge in [-0.15, -0.1) is 5.10 Å². The first kappa shape index (κ1) is 13.6. The molecule has 2 heterocycles. The van der Waals surface area contributed by atoms with Crippen LogP contribution in [0.3, 0.4) is 0 Å². The molecule has 0 aliphatic heterocycles. The summed E-state index contributed by atoms with van der Waals surface area (Å²) in [5.74, 6) is 0.445. The molecule has 2 aromatic heterocycles. The van der Waals surface area contributed by atoms with Gasteiger partial charge in [-0.3, -0.25) is 0 Å². The molecule has 7 nitrogen and oxygen atoms in total. The second-order valence-corrected chi connectivity index (χ2v) is 5.76. The van der Waals surface area contributed by atoms with E-state index in [1.165, 1.54) is 38.0 Å². The molecular weight excluding hydrogens is 300 g/mol. The van der Waals surface area contributed by atoms with Crippen molar-refractivity contribution in [3.63, 3.8) is 0 Å². The molecule has 0 bridgehead atoms. The minimum Gasteiger partial charge on any atom is -0.491 e. The average molecular weight is 313 g/mol. The highest BCUT2D eigenvalue weighted by molar-refractivity contribution is 7.99. The van der Waals surface area contributed by atoms with Crippen LogP contribution in [0.15, 0.2) is 16.5 Å². The van der Waals surface area contributed by atoms with E-state index in [0.717, 1.165) is 12.8 Å². The van der Waals surface area contributed by atoms with E-state index < -0.39 is 0 Å². The molecule has 1 saturated carbocycles. The predicted octanol–water partition coefficient (Wildman–Crippen LogP) is 2.39. The molecule has 1 fully saturated rings. The lowest BCUT2D eigenvalue weighted by Gasteiger charge is -2.11.